The summed E-state index contributed by atoms with van der Waals surface area (Å²) in [5.41, 5.74) is 7.32. The van der Waals surface area contributed by atoms with E-state index in [2.05, 4.69) is 68.5 Å². The van der Waals surface area contributed by atoms with Crippen LogP contribution in [0, 0.1) is 5.92 Å². The molecule has 0 fully saturated rings. The molecule has 2 rings (SSSR count). The van der Waals surface area contributed by atoms with Crippen molar-refractivity contribution in [3.05, 3.63) is 54.1 Å². The summed E-state index contributed by atoms with van der Waals surface area (Å²) < 4.78 is 0. The highest BCUT2D eigenvalue weighted by Crippen LogP contribution is 2.20. The fourth-order valence-electron chi connectivity index (χ4n) is 2.25. The lowest BCUT2D eigenvalue weighted by Crippen LogP contribution is -2.18. The standard InChI is InChI=1S/C17H21N.ClH/c1-13(2)12-16(18)11-10-15-8-5-7-14-6-3-4-9-17(14)15;/h3-11,13,16H,12,18H2,1-2H3;1H/t16-;/m1./s1. The van der Waals surface area contributed by atoms with Crippen molar-refractivity contribution in [1.82, 2.24) is 0 Å². The Morgan fingerprint density at radius 2 is 1.74 bits per heavy atom. The summed E-state index contributed by atoms with van der Waals surface area (Å²) >= 11 is 0. The molecular weight excluding hydrogens is 254 g/mol. The fourth-order valence-corrected chi connectivity index (χ4v) is 2.25. The van der Waals surface area contributed by atoms with Crippen molar-refractivity contribution in [2.75, 3.05) is 0 Å². The lowest BCUT2D eigenvalue weighted by molar-refractivity contribution is 0.547. The predicted molar refractivity (Wildman–Crippen MR) is 87.7 cm³/mol. The molecule has 0 heterocycles. The summed E-state index contributed by atoms with van der Waals surface area (Å²) in [5.74, 6) is 0.636. The van der Waals surface area contributed by atoms with Crippen molar-refractivity contribution < 1.29 is 0 Å². The van der Waals surface area contributed by atoms with Crippen molar-refractivity contribution in [2.24, 2.45) is 11.7 Å². The molecule has 2 aromatic carbocycles. The third kappa shape index (κ3) is 4.38. The van der Waals surface area contributed by atoms with E-state index >= 15 is 0 Å². The average Bonchev–Trinajstić information content (AvgIpc) is 2.35. The summed E-state index contributed by atoms with van der Waals surface area (Å²) in [4.78, 5) is 0. The Labute approximate surface area is 121 Å². The average molecular weight is 276 g/mol. The Morgan fingerprint density at radius 3 is 2.47 bits per heavy atom. The summed E-state index contributed by atoms with van der Waals surface area (Å²) in [6.45, 7) is 4.40. The van der Waals surface area contributed by atoms with Crippen molar-refractivity contribution in [1.29, 1.82) is 0 Å². The van der Waals surface area contributed by atoms with E-state index in [0.29, 0.717) is 5.92 Å². The maximum absolute atomic E-state index is 6.08. The van der Waals surface area contributed by atoms with Crippen LogP contribution in [0.1, 0.15) is 25.8 Å². The summed E-state index contributed by atoms with van der Waals surface area (Å²) in [5, 5.41) is 2.56. The van der Waals surface area contributed by atoms with Crippen molar-refractivity contribution in [3.8, 4) is 0 Å². The van der Waals surface area contributed by atoms with Crippen LogP contribution in [0.2, 0.25) is 0 Å². The molecule has 0 aliphatic rings. The van der Waals surface area contributed by atoms with E-state index in [1.807, 2.05) is 0 Å². The van der Waals surface area contributed by atoms with Crippen LogP contribution in [-0.4, -0.2) is 6.04 Å². The molecule has 0 saturated carbocycles. The third-order valence-corrected chi connectivity index (χ3v) is 3.09. The fraction of sp³-hybridized carbons (Fsp3) is 0.294. The van der Waals surface area contributed by atoms with Crippen molar-refractivity contribution in [3.63, 3.8) is 0 Å². The highest BCUT2D eigenvalue weighted by molar-refractivity contribution is 5.90. The highest BCUT2D eigenvalue weighted by atomic mass is 35.5. The molecular formula is C17H22ClN. The second kappa shape index (κ2) is 7.32. The number of benzene rings is 2. The van der Waals surface area contributed by atoms with Crippen LogP contribution in [0.5, 0.6) is 0 Å². The quantitative estimate of drug-likeness (QED) is 0.864. The molecule has 1 nitrogen and oxygen atoms in total. The monoisotopic (exact) mass is 275 g/mol. The van der Waals surface area contributed by atoms with Crippen LogP contribution in [0.3, 0.4) is 0 Å². The van der Waals surface area contributed by atoms with Crippen LogP contribution in [-0.2, 0) is 0 Å². The van der Waals surface area contributed by atoms with Gasteiger partial charge in [0.15, 0.2) is 0 Å². The van der Waals surface area contributed by atoms with E-state index in [4.69, 9.17) is 5.73 Å². The summed E-state index contributed by atoms with van der Waals surface area (Å²) in [7, 11) is 0. The van der Waals surface area contributed by atoms with Gasteiger partial charge in [0.25, 0.3) is 0 Å². The topological polar surface area (TPSA) is 26.0 Å². The lowest BCUT2D eigenvalue weighted by atomic mass is 10.0. The first-order chi connectivity index (χ1) is 8.66. The zero-order valence-electron chi connectivity index (χ0n) is 11.5. The Balaban J connectivity index is 0.00000180. The summed E-state index contributed by atoms with van der Waals surface area (Å²) in [6.07, 6.45) is 5.29. The molecule has 0 radical (unpaired) electrons. The molecule has 0 aliphatic carbocycles. The third-order valence-electron chi connectivity index (χ3n) is 3.09. The lowest BCUT2D eigenvalue weighted by Gasteiger charge is -2.09. The van der Waals surface area contributed by atoms with E-state index < -0.39 is 0 Å². The summed E-state index contributed by atoms with van der Waals surface area (Å²) in [6, 6.07) is 15.0. The van der Waals surface area contributed by atoms with Gasteiger partial charge in [-0.25, -0.2) is 0 Å². The zero-order chi connectivity index (χ0) is 13.0. The minimum atomic E-state index is 0. The largest absolute Gasteiger partial charge is 0.324 e. The van der Waals surface area contributed by atoms with E-state index in [1.165, 1.54) is 16.3 Å². The van der Waals surface area contributed by atoms with Gasteiger partial charge in [-0.15, -0.1) is 12.4 Å². The zero-order valence-corrected chi connectivity index (χ0v) is 12.4. The minimum Gasteiger partial charge on any atom is -0.324 e. The van der Waals surface area contributed by atoms with Gasteiger partial charge >= 0.3 is 0 Å². The van der Waals surface area contributed by atoms with Crippen LogP contribution < -0.4 is 5.73 Å². The van der Waals surface area contributed by atoms with E-state index in [0.717, 1.165) is 6.42 Å². The van der Waals surface area contributed by atoms with E-state index in [1.54, 1.807) is 0 Å². The van der Waals surface area contributed by atoms with Gasteiger partial charge in [-0.3, -0.25) is 0 Å². The maximum atomic E-state index is 6.08. The first kappa shape index (κ1) is 15.7. The molecule has 0 unspecified atom stereocenters. The van der Waals surface area contributed by atoms with Crippen LogP contribution >= 0.6 is 12.4 Å². The Hall–Kier alpha value is -1.31. The SMILES string of the molecule is CC(C)C[C@H](N)C=Cc1cccc2ccccc12.Cl. The van der Waals surface area contributed by atoms with Gasteiger partial charge in [0.1, 0.15) is 0 Å². The van der Waals surface area contributed by atoms with Gasteiger partial charge in [0.2, 0.25) is 0 Å². The van der Waals surface area contributed by atoms with Gasteiger partial charge in [-0.2, -0.15) is 0 Å². The molecule has 0 aliphatic heterocycles. The highest BCUT2D eigenvalue weighted by Gasteiger charge is 2.02. The Morgan fingerprint density at radius 1 is 1.05 bits per heavy atom. The molecule has 0 amide bonds. The second-order valence-corrected chi connectivity index (χ2v) is 5.22. The molecule has 0 spiro atoms. The predicted octanol–water partition coefficient (Wildman–Crippen LogP) is 4.65. The van der Waals surface area contributed by atoms with Crippen molar-refractivity contribution >= 4 is 29.3 Å². The minimum absolute atomic E-state index is 0. The van der Waals surface area contributed by atoms with Crippen LogP contribution in [0.15, 0.2) is 48.5 Å². The normalized spacial score (nSPS) is 12.8. The molecule has 0 saturated heterocycles. The Kier molecular flexibility index (Phi) is 6.07. The molecule has 102 valence electrons. The molecule has 0 bridgehead atoms. The number of halogens is 1. The second-order valence-electron chi connectivity index (χ2n) is 5.22. The molecule has 19 heavy (non-hydrogen) atoms. The van der Waals surface area contributed by atoms with Gasteiger partial charge in [0.05, 0.1) is 0 Å². The van der Waals surface area contributed by atoms with E-state index in [-0.39, 0.29) is 18.4 Å². The number of fused-ring (bicyclic) bond motifs is 1. The molecule has 1 atom stereocenters. The molecule has 2 aromatic rings. The van der Waals surface area contributed by atoms with Gasteiger partial charge in [0, 0.05) is 6.04 Å². The first-order valence-electron chi connectivity index (χ1n) is 6.58. The molecule has 2 N–H and O–H groups in total. The Bertz CT molecular complexity index is 540. The van der Waals surface area contributed by atoms with Crippen LogP contribution in [0.4, 0.5) is 0 Å². The number of hydrogen-bond donors (Lipinski definition) is 1. The number of hydrogen-bond acceptors (Lipinski definition) is 1. The number of rotatable bonds is 4. The first-order valence-corrected chi connectivity index (χ1v) is 6.58. The molecule has 2 heteroatoms. The number of nitrogens with two attached hydrogens (primary N) is 1. The van der Waals surface area contributed by atoms with Crippen molar-refractivity contribution in [2.45, 2.75) is 26.3 Å². The smallest absolute Gasteiger partial charge is 0.0229 e. The van der Waals surface area contributed by atoms with Crippen LogP contribution in [0.25, 0.3) is 16.8 Å². The van der Waals surface area contributed by atoms with E-state index in [9.17, 15) is 0 Å². The van der Waals surface area contributed by atoms with Gasteiger partial charge < -0.3 is 5.73 Å². The van der Waals surface area contributed by atoms with Gasteiger partial charge in [-0.1, -0.05) is 68.5 Å². The van der Waals surface area contributed by atoms with Gasteiger partial charge in [-0.05, 0) is 28.7 Å². The molecule has 0 aromatic heterocycles. The maximum Gasteiger partial charge on any atom is 0.0229 e.